The van der Waals surface area contributed by atoms with Gasteiger partial charge in [-0.25, -0.2) is 0 Å². The fourth-order valence-corrected chi connectivity index (χ4v) is 2.47. The van der Waals surface area contributed by atoms with Gasteiger partial charge in [0.1, 0.15) is 0 Å². The number of guanidine groups is 1. The molecule has 1 aliphatic rings. The maximum absolute atomic E-state index is 5.54. The van der Waals surface area contributed by atoms with Crippen LogP contribution in [0.5, 0.6) is 0 Å². The van der Waals surface area contributed by atoms with Crippen LogP contribution in [0.2, 0.25) is 0 Å². The molecule has 0 aromatic rings. The molecule has 156 valence electrons. The Hall–Kier alpha value is -0.160. The Labute approximate surface area is 176 Å². The first-order valence-corrected chi connectivity index (χ1v) is 9.64. The summed E-state index contributed by atoms with van der Waals surface area (Å²) < 4.78 is 16.2. The molecule has 8 heteroatoms. The molecule has 2 N–H and O–H groups in total. The van der Waals surface area contributed by atoms with Gasteiger partial charge in [-0.2, -0.15) is 0 Å². The van der Waals surface area contributed by atoms with Gasteiger partial charge < -0.3 is 24.8 Å². The van der Waals surface area contributed by atoms with Crippen LogP contribution in [0.1, 0.15) is 32.6 Å². The van der Waals surface area contributed by atoms with E-state index in [0.29, 0.717) is 19.8 Å². The van der Waals surface area contributed by atoms with E-state index < -0.39 is 0 Å². The summed E-state index contributed by atoms with van der Waals surface area (Å²) in [6, 6.07) is 0.750. The van der Waals surface area contributed by atoms with Gasteiger partial charge in [-0.1, -0.05) is 13.3 Å². The van der Waals surface area contributed by atoms with Crippen LogP contribution in [0, 0.1) is 0 Å². The van der Waals surface area contributed by atoms with E-state index in [1.54, 1.807) is 14.2 Å². The summed E-state index contributed by atoms with van der Waals surface area (Å²) in [7, 11) is 3.55. The Balaban J connectivity index is 0.00000625. The Bertz CT molecular complexity index is 344. The lowest BCUT2D eigenvalue weighted by Gasteiger charge is -2.22. The Morgan fingerprint density at radius 1 is 1.00 bits per heavy atom. The standard InChI is InChI=1S/C18H38N4O3.HI/c1-4-5-12-24-15-16-25-13-9-21-18(19-2)20-8-10-22(11-14-23-3)17-6-7-17;/h17H,4-16H2,1-3H3,(H2,19,20,21);1H. The highest BCUT2D eigenvalue weighted by atomic mass is 127. The topological polar surface area (TPSA) is 67.4 Å². The molecule has 0 heterocycles. The van der Waals surface area contributed by atoms with E-state index in [2.05, 4.69) is 27.4 Å². The molecule has 7 nitrogen and oxygen atoms in total. The van der Waals surface area contributed by atoms with E-state index in [4.69, 9.17) is 14.2 Å². The average molecular weight is 486 g/mol. The summed E-state index contributed by atoms with van der Waals surface area (Å²) in [4.78, 5) is 6.74. The van der Waals surface area contributed by atoms with Crippen LogP contribution >= 0.6 is 24.0 Å². The number of hydrogen-bond acceptors (Lipinski definition) is 5. The minimum Gasteiger partial charge on any atom is -0.383 e. The second kappa shape index (κ2) is 18.2. The second-order valence-corrected chi connectivity index (χ2v) is 6.26. The number of unbranched alkanes of at least 4 members (excludes halogenated alkanes) is 1. The molecule has 1 fully saturated rings. The largest absolute Gasteiger partial charge is 0.383 e. The van der Waals surface area contributed by atoms with Gasteiger partial charge in [-0.05, 0) is 19.3 Å². The maximum Gasteiger partial charge on any atom is 0.191 e. The molecule has 1 aliphatic carbocycles. The number of hydrogen-bond donors (Lipinski definition) is 2. The number of methoxy groups -OCH3 is 1. The molecule has 0 radical (unpaired) electrons. The predicted molar refractivity (Wildman–Crippen MR) is 118 cm³/mol. The van der Waals surface area contributed by atoms with Crippen molar-refractivity contribution in [2.45, 2.75) is 38.6 Å². The predicted octanol–water partition coefficient (Wildman–Crippen LogP) is 1.71. The third-order valence-electron chi connectivity index (χ3n) is 4.11. The Kier molecular flexibility index (Phi) is 18.1. The number of nitrogens with one attached hydrogen (secondary N) is 2. The van der Waals surface area contributed by atoms with Gasteiger partial charge in [0, 0.05) is 53.0 Å². The van der Waals surface area contributed by atoms with E-state index >= 15 is 0 Å². The Morgan fingerprint density at radius 2 is 1.69 bits per heavy atom. The van der Waals surface area contributed by atoms with E-state index in [1.165, 1.54) is 19.3 Å². The van der Waals surface area contributed by atoms with Gasteiger partial charge in [-0.3, -0.25) is 9.89 Å². The first kappa shape index (κ1) is 25.8. The van der Waals surface area contributed by atoms with Gasteiger partial charge in [0.25, 0.3) is 0 Å². The lowest BCUT2D eigenvalue weighted by molar-refractivity contribution is 0.0487. The third kappa shape index (κ3) is 14.0. The molecule has 0 aromatic heterocycles. The number of aliphatic imine (C=N–C) groups is 1. The summed E-state index contributed by atoms with van der Waals surface area (Å²) >= 11 is 0. The van der Waals surface area contributed by atoms with Crippen molar-refractivity contribution in [3.8, 4) is 0 Å². The number of nitrogens with zero attached hydrogens (tertiary/aromatic N) is 2. The minimum atomic E-state index is 0. The molecule has 0 saturated heterocycles. The van der Waals surface area contributed by atoms with Gasteiger partial charge >= 0.3 is 0 Å². The van der Waals surface area contributed by atoms with Crippen molar-refractivity contribution in [2.75, 3.05) is 73.4 Å². The SMILES string of the molecule is CCCCOCCOCCNC(=NC)NCCN(CCOC)C1CC1.I. The zero-order chi connectivity index (χ0) is 18.2. The van der Waals surface area contributed by atoms with Crippen molar-refractivity contribution in [1.82, 2.24) is 15.5 Å². The molecule has 0 atom stereocenters. The highest BCUT2D eigenvalue weighted by Crippen LogP contribution is 2.25. The second-order valence-electron chi connectivity index (χ2n) is 6.26. The normalized spacial score (nSPS) is 14.4. The van der Waals surface area contributed by atoms with Gasteiger partial charge in [-0.15, -0.1) is 24.0 Å². The molecule has 1 rings (SSSR count). The molecule has 0 unspecified atom stereocenters. The van der Waals surface area contributed by atoms with Crippen LogP contribution in [0.3, 0.4) is 0 Å². The van der Waals surface area contributed by atoms with Crippen LogP contribution in [-0.2, 0) is 14.2 Å². The average Bonchev–Trinajstić information content (AvgIpc) is 3.46. The molecule has 0 bridgehead atoms. The zero-order valence-electron chi connectivity index (χ0n) is 16.8. The van der Waals surface area contributed by atoms with Crippen molar-refractivity contribution in [2.24, 2.45) is 4.99 Å². The lowest BCUT2D eigenvalue weighted by atomic mass is 10.4. The van der Waals surface area contributed by atoms with Gasteiger partial charge in [0.05, 0.1) is 26.4 Å². The van der Waals surface area contributed by atoms with Crippen LogP contribution in [-0.4, -0.2) is 90.3 Å². The lowest BCUT2D eigenvalue weighted by Crippen LogP contribution is -2.43. The van der Waals surface area contributed by atoms with Crippen molar-refractivity contribution in [3.63, 3.8) is 0 Å². The van der Waals surface area contributed by atoms with Crippen molar-refractivity contribution < 1.29 is 14.2 Å². The molecule has 0 aliphatic heterocycles. The van der Waals surface area contributed by atoms with Crippen molar-refractivity contribution >= 4 is 29.9 Å². The van der Waals surface area contributed by atoms with Crippen molar-refractivity contribution in [3.05, 3.63) is 0 Å². The number of rotatable bonds is 16. The highest BCUT2D eigenvalue weighted by Gasteiger charge is 2.28. The smallest absolute Gasteiger partial charge is 0.191 e. The fourth-order valence-electron chi connectivity index (χ4n) is 2.47. The minimum absolute atomic E-state index is 0. The first-order chi connectivity index (χ1) is 12.3. The maximum atomic E-state index is 5.54. The summed E-state index contributed by atoms with van der Waals surface area (Å²) in [5.41, 5.74) is 0. The zero-order valence-corrected chi connectivity index (χ0v) is 19.1. The molecule has 26 heavy (non-hydrogen) atoms. The first-order valence-electron chi connectivity index (χ1n) is 9.64. The molecular weight excluding hydrogens is 447 g/mol. The van der Waals surface area contributed by atoms with Gasteiger partial charge in [0.2, 0.25) is 0 Å². The van der Waals surface area contributed by atoms with E-state index in [-0.39, 0.29) is 24.0 Å². The fraction of sp³-hybridized carbons (Fsp3) is 0.944. The van der Waals surface area contributed by atoms with E-state index in [0.717, 1.165) is 57.8 Å². The van der Waals surface area contributed by atoms with E-state index in [1.807, 2.05) is 0 Å². The molecular formula is C18H39IN4O3. The highest BCUT2D eigenvalue weighted by molar-refractivity contribution is 14.0. The molecule has 1 saturated carbocycles. The number of ether oxygens (including phenoxy) is 3. The molecule has 0 aromatic carbocycles. The monoisotopic (exact) mass is 486 g/mol. The van der Waals surface area contributed by atoms with Gasteiger partial charge in [0.15, 0.2) is 5.96 Å². The number of halogens is 1. The summed E-state index contributed by atoms with van der Waals surface area (Å²) in [5.74, 6) is 0.824. The summed E-state index contributed by atoms with van der Waals surface area (Å²) in [6.07, 6.45) is 4.92. The molecule has 0 amide bonds. The van der Waals surface area contributed by atoms with Crippen LogP contribution in [0.25, 0.3) is 0 Å². The van der Waals surface area contributed by atoms with Crippen LogP contribution in [0.4, 0.5) is 0 Å². The third-order valence-corrected chi connectivity index (χ3v) is 4.11. The van der Waals surface area contributed by atoms with Crippen molar-refractivity contribution in [1.29, 1.82) is 0 Å². The summed E-state index contributed by atoms with van der Waals surface area (Å²) in [5, 5.41) is 6.63. The molecule has 0 spiro atoms. The van der Waals surface area contributed by atoms with E-state index in [9.17, 15) is 0 Å². The quantitative estimate of drug-likeness (QED) is 0.150. The van der Waals surface area contributed by atoms with Crippen LogP contribution in [0.15, 0.2) is 4.99 Å². The van der Waals surface area contributed by atoms with Crippen LogP contribution < -0.4 is 10.6 Å². The Morgan fingerprint density at radius 3 is 2.31 bits per heavy atom. The summed E-state index contributed by atoms with van der Waals surface area (Å²) in [6.45, 7) is 9.40.